The van der Waals surface area contributed by atoms with E-state index in [-0.39, 0.29) is 12.0 Å². The molecule has 92 valence electrons. The van der Waals surface area contributed by atoms with Gasteiger partial charge in [-0.3, -0.25) is 4.79 Å². The molecule has 1 saturated carbocycles. The molecule has 0 aromatic heterocycles. The van der Waals surface area contributed by atoms with Gasteiger partial charge in [-0.1, -0.05) is 0 Å². The normalized spacial score (nSPS) is 35.2. The van der Waals surface area contributed by atoms with Crippen molar-refractivity contribution < 1.29 is 15.0 Å². The highest BCUT2D eigenvalue weighted by Crippen LogP contribution is 2.38. The minimum Gasteiger partial charge on any atom is -0.393 e. The first-order valence-corrected chi connectivity index (χ1v) is 6.22. The third-order valence-electron chi connectivity index (χ3n) is 3.95. The Bertz CT molecular complexity index is 267. The number of hydrogen-bond donors (Lipinski definition) is 2. The molecule has 2 N–H and O–H groups in total. The van der Waals surface area contributed by atoms with Gasteiger partial charge in [-0.2, -0.15) is 0 Å². The molecule has 0 spiro atoms. The van der Waals surface area contributed by atoms with Gasteiger partial charge < -0.3 is 15.1 Å². The monoisotopic (exact) mass is 227 g/mol. The van der Waals surface area contributed by atoms with E-state index in [0.29, 0.717) is 31.2 Å². The van der Waals surface area contributed by atoms with Crippen molar-refractivity contribution in [1.82, 2.24) is 4.90 Å². The van der Waals surface area contributed by atoms with Crippen molar-refractivity contribution in [3.8, 4) is 0 Å². The third-order valence-corrected chi connectivity index (χ3v) is 3.95. The van der Waals surface area contributed by atoms with Gasteiger partial charge in [-0.25, -0.2) is 0 Å². The van der Waals surface area contributed by atoms with Gasteiger partial charge in [0, 0.05) is 25.4 Å². The van der Waals surface area contributed by atoms with Crippen LogP contribution in [0.15, 0.2) is 0 Å². The van der Waals surface area contributed by atoms with Gasteiger partial charge >= 0.3 is 0 Å². The smallest absolute Gasteiger partial charge is 0.222 e. The minimum absolute atomic E-state index is 0.127. The number of carbonyl (C=O) groups is 1. The zero-order chi connectivity index (χ0) is 11.7. The molecule has 4 nitrogen and oxygen atoms in total. The predicted molar refractivity (Wildman–Crippen MR) is 59.7 cm³/mol. The van der Waals surface area contributed by atoms with Crippen molar-refractivity contribution in [1.29, 1.82) is 0 Å². The Kier molecular flexibility index (Phi) is 3.50. The fourth-order valence-corrected chi connectivity index (χ4v) is 2.93. The first kappa shape index (κ1) is 11.9. The lowest BCUT2D eigenvalue weighted by Gasteiger charge is -2.18. The number of fused-ring (bicyclic) bond motifs is 1. The van der Waals surface area contributed by atoms with Crippen LogP contribution in [-0.2, 0) is 4.79 Å². The average Bonchev–Trinajstić information content (AvgIpc) is 2.78. The summed E-state index contributed by atoms with van der Waals surface area (Å²) in [5.41, 5.74) is 0. The van der Waals surface area contributed by atoms with Crippen LogP contribution in [0, 0.1) is 11.8 Å². The van der Waals surface area contributed by atoms with Gasteiger partial charge in [0.1, 0.15) is 0 Å². The van der Waals surface area contributed by atoms with Crippen molar-refractivity contribution >= 4 is 5.91 Å². The molecule has 0 radical (unpaired) electrons. The van der Waals surface area contributed by atoms with Gasteiger partial charge in [0.25, 0.3) is 0 Å². The molecule has 4 atom stereocenters. The molecular weight excluding hydrogens is 206 g/mol. The molecule has 2 fully saturated rings. The summed E-state index contributed by atoms with van der Waals surface area (Å²) in [4.78, 5) is 13.7. The van der Waals surface area contributed by atoms with Crippen molar-refractivity contribution in [2.24, 2.45) is 11.8 Å². The third kappa shape index (κ3) is 2.38. The van der Waals surface area contributed by atoms with Crippen LogP contribution < -0.4 is 0 Å². The Hall–Kier alpha value is -0.610. The van der Waals surface area contributed by atoms with E-state index in [2.05, 4.69) is 0 Å². The lowest BCUT2D eigenvalue weighted by molar-refractivity contribution is -0.131. The number of likely N-dealkylation sites (tertiary alicyclic amines) is 1. The molecule has 0 aromatic carbocycles. The number of carbonyl (C=O) groups excluding carboxylic acids is 1. The molecule has 16 heavy (non-hydrogen) atoms. The second kappa shape index (κ2) is 4.72. The summed E-state index contributed by atoms with van der Waals surface area (Å²) in [6.45, 7) is 3.22. The van der Waals surface area contributed by atoms with Crippen molar-refractivity contribution in [3.63, 3.8) is 0 Å². The van der Waals surface area contributed by atoms with Gasteiger partial charge in [0.2, 0.25) is 5.91 Å². The maximum Gasteiger partial charge on any atom is 0.222 e. The molecule has 2 aliphatic rings. The van der Waals surface area contributed by atoms with Gasteiger partial charge in [-0.15, -0.1) is 0 Å². The molecule has 4 heteroatoms. The molecular formula is C12H21NO3. The highest BCUT2D eigenvalue weighted by molar-refractivity contribution is 5.76. The van der Waals surface area contributed by atoms with E-state index in [1.165, 1.54) is 0 Å². The Morgan fingerprint density at radius 3 is 2.81 bits per heavy atom. The van der Waals surface area contributed by atoms with Crippen LogP contribution >= 0.6 is 0 Å². The summed E-state index contributed by atoms with van der Waals surface area (Å²) in [6, 6.07) is 0. The average molecular weight is 227 g/mol. The second-order valence-corrected chi connectivity index (χ2v) is 5.26. The Balaban J connectivity index is 1.82. The number of aliphatic hydroxyl groups is 2. The van der Waals surface area contributed by atoms with Gasteiger partial charge in [0.05, 0.1) is 12.2 Å². The number of rotatable bonds is 3. The maximum atomic E-state index is 11.8. The SMILES string of the molecule is CC(O)CCC(=O)N1CC2CCC(O)C2C1. The minimum atomic E-state index is -0.406. The van der Waals surface area contributed by atoms with Crippen LogP contribution in [0.2, 0.25) is 0 Å². The Labute approximate surface area is 96.3 Å². The fourth-order valence-electron chi connectivity index (χ4n) is 2.93. The van der Waals surface area contributed by atoms with E-state index in [4.69, 9.17) is 5.11 Å². The molecule has 0 bridgehead atoms. The molecule has 4 unspecified atom stereocenters. The van der Waals surface area contributed by atoms with Crippen LogP contribution in [0.25, 0.3) is 0 Å². The summed E-state index contributed by atoms with van der Waals surface area (Å²) in [6.07, 6.45) is 2.29. The number of amides is 1. The summed E-state index contributed by atoms with van der Waals surface area (Å²) in [5, 5.41) is 18.9. The van der Waals surface area contributed by atoms with E-state index < -0.39 is 6.10 Å². The molecule has 1 aliphatic heterocycles. The zero-order valence-electron chi connectivity index (χ0n) is 9.80. The Morgan fingerprint density at radius 2 is 2.19 bits per heavy atom. The highest BCUT2D eigenvalue weighted by Gasteiger charge is 2.42. The molecule has 1 saturated heterocycles. The summed E-state index contributed by atoms with van der Waals surface area (Å²) < 4.78 is 0. The number of hydrogen-bond acceptors (Lipinski definition) is 3. The van der Waals surface area contributed by atoms with Crippen LogP contribution in [0.1, 0.15) is 32.6 Å². The molecule has 1 heterocycles. The number of aliphatic hydroxyl groups excluding tert-OH is 2. The topological polar surface area (TPSA) is 60.8 Å². The first-order valence-electron chi connectivity index (χ1n) is 6.22. The quantitative estimate of drug-likeness (QED) is 0.732. The van der Waals surface area contributed by atoms with Crippen LogP contribution in [0.5, 0.6) is 0 Å². The number of nitrogens with zero attached hydrogens (tertiary/aromatic N) is 1. The highest BCUT2D eigenvalue weighted by atomic mass is 16.3. The van der Waals surface area contributed by atoms with Crippen LogP contribution in [0.3, 0.4) is 0 Å². The van der Waals surface area contributed by atoms with E-state index >= 15 is 0 Å². The second-order valence-electron chi connectivity index (χ2n) is 5.26. The summed E-state index contributed by atoms with van der Waals surface area (Å²) >= 11 is 0. The molecule has 1 aliphatic carbocycles. The van der Waals surface area contributed by atoms with E-state index in [1.54, 1.807) is 6.92 Å². The van der Waals surface area contributed by atoms with E-state index in [9.17, 15) is 9.90 Å². The predicted octanol–water partition coefficient (Wildman–Crippen LogP) is 0.377. The molecule has 1 amide bonds. The van der Waals surface area contributed by atoms with E-state index in [0.717, 1.165) is 19.4 Å². The van der Waals surface area contributed by atoms with Crippen LogP contribution in [0.4, 0.5) is 0 Å². The largest absolute Gasteiger partial charge is 0.393 e. The molecule has 2 rings (SSSR count). The summed E-state index contributed by atoms with van der Waals surface area (Å²) in [7, 11) is 0. The van der Waals surface area contributed by atoms with Gasteiger partial charge in [0.15, 0.2) is 0 Å². The summed E-state index contributed by atoms with van der Waals surface area (Å²) in [5.74, 6) is 0.934. The lowest BCUT2D eigenvalue weighted by Crippen LogP contribution is -2.31. The molecule has 0 aromatic rings. The van der Waals surface area contributed by atoms with Crippen molar-refractivity contribution in [3.05, 3.63) is 0 Å². The lowest BCUT2D eigenvalue weighted by atomic mass is 10.00. The standard InChI is InChI=1S/C12H21NO3/c1-8(14)2-5-12(16)13-6-9-3-4-11(15)10(9)7-13/h8-11,14-15H,2-7H2,1H3. The Morgan fingerprint density at radius 1 is 1.44 bits per heavy atom. The zero-order valence-corrected chi connectivity index (χ0v) is 9.80. The first-order chi connectivity index (χ1) is 7.58. The van der Waals surface area contributed by atoms with E-state index in [1.807, 2.05) is 4.90 Å². The van der Waals surface area contributed by atoms with Crippen LogP contribution in [-0.4, -0.2) is 46.3 Å². The van der Waals surface area contributed by atoms with Crippen molar-refractivity contribution in [2.45, 2.75) is 44.8 Å². The van der Waals surface area contributed by atoms with Crippen molar-refractivity contribution in [2.75, 3.05) is 13.1 Å². The maximum absolute atomic E-state index is 11.8. The fraction of sp³-hybridized carbons (Fsp3) is 0.917. The van der Waals surface area contributed by atoms with Gasteiger partial charge in [-0.05, 0) is 32.1 Å².